The Morgan fingerprint density at radius 1 is 1.04 bits per heavy atom. The van der Waals surface area contributed by atoms with E-state index in [1.807, 2.05) is 18.2 Å². The van der Waals surface area contributed by atoms with Gasteiger partial charge in [-0.15, -0.1) is 0 Å². The van der Waals surface area contributed by atoms with Crippen molar-refractivity contribution in [2.45, 2.75) is 6.92 Å². The highest BCUT2D eigenvalue weighted by Gasteiger charge is 2.01. The second-order valence-corrected chi connectivity index (χ2v) is 4.56. The number of amides is 1. The average molecular weight is 312 g/mol. The van der Waals surface area contributed by atoms with Crippen molar-refractivity contribution in [3.8, 4) is 11.5 Å². The topological polar surface area (TPSA) is 77.0 Å². The summed E-state index contributed by atoms with van der Waals surface area (Å²) in [6.45, 7) is 1.22. The van der Waals surface area contributed by atoms with E-state index in [4.69, 9.17) is 9.47 Å². The molecule has 0 aliphatic carbocycles. The van der Waals surface area contributed by atoms with Gasteiger partial charge in [-0.3, -0.25) is 9.59 Å². The molecule has 0 radical (unpaired) electrons. The average Bonchev–Trinajstić information content (AvgIpc) is 2.55. The Balaban J connectivity index is 1.77. The normalized spacial score (nSPS) is 10.3. The summed E-state index contributed by atoms with van der Waals surface area (Å²) in [5, 5.41) is 3.83. The highest BCUT2D eigenvalue weighted by Crippen LogP contribution is 2.11. The molecule has 0 spiro atoms. The fraction of sp³-hybridized carbons (Fsp3) is 0.118. The van der Waals surface area contributed by atoms with Crippen molar-refractivity contribution >= 4 is 18.1 Å². The first-order valence-electron chi connectivity index (χ1n) is 6.92. The predicted molar refractivity (Wildman–Crippen MR) is 85.4 cm³/mol. The van der Waals surface area contributed by atoms with Gasteiger partial charge >= 0.3 is 5.97 Å². The molecule has 0 unspecified atom stereocenters. The van der Waals surface area contributed by atoms with Crippen LogP contribution < -0.4 is 14.9 Å². The van der Waals surface area contributed by atoms with Crippen molar-refractivity contribution in [2.24, 2.45) is 5.10 Å². The van der Waals surface area contributed by atoms with Crippen LogP contribution in [0.1, 0.15) is 12.5 Å². The lowest BCUT2D eigenvalue weighted by Gasteiger charge is -2.04. The lowest BCUT2D eigenvalue weighted by Crippen LogP contribution is -2.24. The molecule has 0 aromatic heterocycles. The molecule has 0 aliphatic rings. The van der Waals surface area contributed by atoms with Crippen LogP contribution in [0.2, 0.25) is 0 Å². The molecule has 6 heteroatoms. The molecule has 0 aliphatic heterocycles. The van der Waals surface area contributed by atoms with Crippen molar-refractivity contribution in [2.75, 3.05) is 6.61 Å². The van der Waals surface area contributed by atoms with Crippen LogP contribution in [0.5, 0.6) is 11.5 Å². The summed E-state index contributed by atoms with van der Waals surface area (Å²) < 4.78 is 10.2. The number of nitrogens with one attached hydrogen (secondary N) is 1. The molecule has 2 aromatic carbocycles. The molecular weight excluding hydrogens is 296 g/mol. The maximum Gasteiger partial charge on any atom is 0.308 e. The first-order valence-corrected chi connectivity index (χ1v) is 6.92. The van der Waals surface area contributed by atoms with Gasteiger partial charge in [-0.05, 0) is 42.0 Å². The molecule has 0 atom stereocenters. The number of hydrogen-bond donors (Lipinski definition) is 1. The van der Waals surface area contributed by atoms with Gasteiger partial charge in [0, 0.05) is 6.92 Å². The van der Waals surface area contributed by atoms with Gasteiger partial charge in [0.2, 0.25) is 0 Å². The second kappa shape index (κ2) is 8.33. The molecule has 0 fully saturated rings. The Morgan fingerprint density at radius 2 is 1.74 bits per heavy atom. The minimum Gasteiger partial charge on any atom is -0.484 e. The number of hydrogen-bond acceptors (Lipinski definition) is 5. The zero-order chi connectivity index (χ0) is 16.5. The molecule has 1 N–H and O–H groups in total. The molecular formula is C17H16N2O4. The molecule has 1 amide bonds. The Kier molecular flexibility index (Phi) is 5.88. The Labute approximate surface area is 133 Å². The summed E-state index contributed by atoms with van der Waals surface area (Å²) in [6, 6.07) is 15.8. The van der Waals surface area contributed by atoms with Gasteiger partial charge < -0.3 is 9.47 Å². The van der Waals surface area contributed by atoms with Crippen LogP contribution in [0, 0.1) is 0 Å². The smallest absolute Gasteiger partial charge is 0.308 e. The number of benzene rings is 2. The number of ether oxygens (including phenoxy) is 2. The predicted octanol–water partition coefficient (Wildman–Crippen LogP) is 2.14. The van der Waals surface area contributed by atoms with E-state index in [0.29, 0.717) is 11.5 Å². The fourth-order valence-electron chi connectivity index (χ4n) is 1.66. The van der Waals surface area contributed by atoms with E-state index in [0.717, 1.165) is 5.56 Å². The maximum atomic E-state index is 11.6. The zero-order valence-electron chi connectivity index (χ0n) is 12.6. The number of nitrogens with zero attached hydrogens (tertiary/aromatic N) is 1. The van der Waals surface area contributed by atoms with Crippen LogP contribution in [-0.2, 0) is 9.59 Å². The summed E-state index contributed by atoms with van der Waals surface area (Å²) in [4.78, 5) is 22.4. The highest BCUT2D eigenvalue weighted by atomic mass is 16.5. The molecule has 118 valence electrons. The molecule has 0 saturated carbocycles. The van der Waals surface area contributed by atoms with E-state index in [1.165, 1.54) is 13.1 Å². The highest BCUT2D eigenvalue weighted by molar-refractivity contribution is 5.83. The van der Waals surface area contributed by atoms with Gasteiger partial charge in [0.1, 0.15) is 11.5 Å². The molecule has 0 heterocycles. The van der Waals surface area contributed by atoms with Gasteiger partial charge in [-0.1, -0.05) is 18.2 Å². The van der Waals surface area contributed by atoms with Crippen molar-refractivity contribution in [1.29, 1.82) is 0 Å². The van der Waals surface area contributed by atoms with Crippen LogP contribution in [0.4, 0.5) is 0 Å². The third-order valence-electron chi connectivity index (χ3n) is 2.66. The molecule has 2 rings (SSSR count). The van der Waals surface area contributed by atoms with Crippen LogP contribution in [-0.4, -0.2) is 24.7 Å². The SMILES string of the molecule is CC(=O)Oc1ccc(/C=N\NC(=O)COc2ccccc2)cc1. The lowest BCUT2D eigenvalue weighted by atomic mass is 10.2. The summed E-state index contributed by atoms with van der Waals surface area (Å²) in [5.41, 5.74) is 3.12. The van der Waals surface area contributed by atoms with Gasteiger partial charge in [0.05, 0.1) is 6.21 Å². The molecule has 6 nitrogen and oxygen atoms in total. The summed E-state index contributed by atoms with van der Waals surface area (Å²) in [7, 11) is 0. The maximum absolute atomic E-state index is 11.6. The first kappa shape index (κ1) is 16.2. The van der Waals surface area contributed by atoms with Gasteiger partial charge in [-0.2, -0.15) is 5.10 Å². The number of carbonyl (C=O) groups is 2. The summed E-state index contributed by atoms with van der Waals surface area (Å²) in [6.07, 6.45) is 1.48. The lowest BCUT2D eigenvalue weighted by molar-refractivity contribution is -0.131. The number of rotatable bonds is 6. The van der Waals surface area contributed by atoms with Gasteiger partial charge in [-0.25, -0.2) is 5.43 Å². The van der Waals surface area contributed by atoms with E-state index < -0.39 is 0 Å². The van der Waals surface area contributed by atoms with Crippen LogP contribution in [0.15, 0.2) is 59.7 Å². The molecule has 0 bridgehead atoms. The number of para-hydroxylation sites is 1. The van der Waals surface area contributed by atoms with E-state index in [9.17, 15) is 9.59 Å². The van der Waals surface area contributed by atoms with E-state index in [2.05, 4.69) is 10.5 Å². The van der Waals surface area contributed by atoms with Gasteiger partial charge in [0.25, 0.3) is 5.91 Å². The van der Waals surface area contributed by atoms with Crippen LogP contribution >= 0.6 is 0 Å². The monoisotopic (exact) mass is 312 g/mol. The zero-order valence-corrected chi connectivity index (χ0v) is 12.6. The Morgan fingerprint density at radius 3 is 2.39 bits per heavy atom. The van der Waals surface area contributed by atoms with E-state index in [1.54, 1.807) is 36.4 Å². The number of esters is 1. The van der Waals surface area contributed by atoms with Crippen molar-refractivity contribution in [1.82, 2.24) is 5.43 Å². The Hall–Kier alpha value is -3.15. The largest absolute Gasteiger partial charge is 0.484 e. The Bertz CT molecular complexity index is 681. The minimum absolute atomic E-state index is 0.118. The molecule has 0 saturated heterocycles. The molecule has 2 aromatic rings. The quantitative estimate of drug-likeness (QED) is 0.384. The first-order chi connectivity index (χ1) is 11.1. The molecule has 23 heavy (non-hydrogen) atoms. The van der Waals surface area contributed by atoms with Gasteiger partial charge in [0.15, 0.2) is 6.61 Å². The van der Waals surface area contributed by atoms with Crippen molar-refractivity contribution in [3.63, 3.8) is 0 Å². The van der Waals surface area contributed by atoms with Crippen LogP contribution in [0.3, 0.4) is 0 Å². The minimum atomic E-state index is -0.378. The third-order valence-corrected chi connectivity index (χ3v) is 2.66. The fourth-order valence-corrected chi connectivity index (χ4v) is 1.66. The third kappa shape index (κ3) is 6.01. The second-order valence-electron chi connectivity index (χ2n) is 4.56. The summed E-state index contributed by atoms with van der Waals surface area (Å²) in [5.74, 6) is 0.335. The standard InChI is InChI=1S/C17H16N2O4/c1-13(20)23-16-9-7-14(8-10-16)11-18-19-17(21)12-22-15-5-3-2-4-6-15/h2-11H,12H2,1H3,(H,19,21)/b18-11-. The van der Waals surface area contributed by atoms with Crippen molar-refractivity contribution in [3.05, 3.63) is 60.2 Å². The number of hydrazone groups is 1. The summed E-state index contributed by atoms with van der Waals surface area (Å²) >= 11 is 0. The van der Waals surface area contributed by atoms with Crippen molar-refractivity contribution < 1.29 is 19.1 Å². The van der Waals surface area contributed by atoms with Crippen LogP contribution in [0.25, 0.3) is 0 Å². The van der Waals surface area contributed by atoms with E-state index in [-0.39, 0.29) is 18.5 Å². The van der Waals surface area contributed by atoms with E-state index >= 15 is 0 Å². The number of carbonyl (C=O) groups excluding carboxylic acids is 2.